The molecule has 0 radical (unpaired) electrons. The van der Waals surface area contributed by atoms with Crippen LogP contribution >= 0.6 is 11.3 Å². The number of sulfone groups is 1. The van der Waals surface area contributed by atoms with E-state index in [-0.39, 0.29) is 18.6 Å². The summed E-state index contributed by atoms with van der Waals surface area (Å²) in [6.07, 6.45) is 2.33. The molecule has 6 nitrogen and oxygen atoms in total. The zero-order valence-electron chi connectivity index (χ0n) is 11.6. The average Bonchev–Trinajstić information content (AvgIpc) is 2.83. The molecule has 0 spiro atoms. The molecule has 8 heteroatoms. The molecule has 1 unspecified atom stereocenters. The van der Waals surface area contributed by atoms with Crippen molar-refractivity contribution in [2.45, 2.75) is 20.0 Å². The van der Waals surface area contributed by atoms with Gasteiger partial charge in [0.05, 0.1) is 0 Å². The number of hydrogen-bond donors (Lipinski definition) is 1. The lowest BCUT2D eigenvalue weighted by Crippen LogP contribution is -2.23. The molecule has 0 aliphatic rings. The number of nitrogens with one attached hydrogen (secondary N) is 1. The molecule has 0 fully saturated rings. The highest BCUT2D eigenvalue weighted by Gasteiger charge is 2.14. The van der Waals surface area contributed by atoms with Crippen LogP contribution in [-0.2, 0) is 14.6 Å². The molecule has 0 aliphatic carbocycles. The number of thiazole rings is 1. The van der Waals surface area contributed by atoms with Crippen LogP contribution in [0.4, 0.5) is 0 Å². The Morgan fingerprint density at radius 2 is 2.30 bits per heavy atom. The molecule has 1 aromatic rings. The van der Waals surface area contributed by atoms with Crippen LogP contribution in [0.25, 0.3) is 0 Å². The maximum Gasteiger partial charge on any atom is 0.271 e. The van der Waals surface area contributed by atoms with Gasteiger partial charge in [-0.05, 0) is 13.8 Å². The smallest absolute Gasteiger partial charge is 0.271 e. The number of carbonyl (C=O) groups excluding carboxylic acids is 1. The van der Waals surface area contributed by atoms with Gasteiger partial charge in [0, 0.05) is 30.2 Å². The molecule has 1 amide bonds. The van der Waals surface area contributed by atoms with Crippen LogP contribution in [-0.4, -0.2) is 38.7 Å². The first-order chi connectivity index (χ1) is 9.33. The first kappa shape index (κ1) is 16.8. The van der Waals surface area contributed by atoms with Crippen LogP contribution in [0.3, 0.4) is 0 Å². The van der Waals surface area contributed by atoms with E-state index in [1.807, 2.05) is 13.8 Å². The molecule has 112 valence electrons. The second-order valence-electron chi connectivity index (χ2n) is 4.08. The predicted octanol–water partition coefficient (Wildman–Crippen LogP) is 1.53. The lowest BCUT2D eigenvalue weighted by Gasteiger charge is -2.06. The largest absolute Gasteiger partial charge is 0.372 e. The van der Waals surface area contributed by atoms with E-state index < -0.39 is 9.84 Å². The molecular weight excluding hydrogens is 300 g/mol. The van der Waals surface area contributed by atoms with E-state index in [0.717, 1.165) is 16.7 Å². The van der Waals surface area contributed by atoms with Gasteiger partial charge in [-0.25, -0.2) is 13.4 Å². The van der Waals surface area contributed by atoms with Crippen molar-refractivity contribution in [3.8, 4) is 0 Å². The fraction of sp³-hybridized carbons (Fsp3) is 0.500. The van der Waals surface area contributed by atoms with E-state index in [1.54, 1.807) is 5.38 Å². The van der Waals surface area contributed by atoms with Gasteiger partial charge in [0.1, 0.15) is 16.8 Å². The third kappa shape index (κ3) is 5.81. The quantitative estimate of drug-likeness (QED) is 0.824. The summed E-state index contributed by atoms with van der Waals surface area (Å²) in [5.74, 6) is -0.339. The third-order valence-corrected chi connectivity index (χ3v) is 3.94. The van der Waals surface area contributed by atoms with Crippen molar-refractivity contribution in [3.63, 3.8) is 0 Å². The van der Waals surface area contributed by atoms with E-state index >= 15 is 0 Å². The number of ether oxygens (including phenoxy) is 1. The summed E-state index contributed by atoms with van der Waals surface area (Å²) in [4.78, 5) is 16.0. The number of amides is 1. The Balaban J connectivity index is 2.54. The predicted molar refractivity (Wildman–Crippen MR) is 78.5 cm³/mol. The maximum atomic E-state index is 11.8. The molecule has 0 saturated heterocycles. The summed E-state index contributed by atoms with van der Waals surface area (Å²) in [5.41, 5.74) is 0.310. The molecule has 1 N–H and O–H groups in total. The lowest BCUT2D eigenvalue weighted by molar-refractivity contribution is 0.0759. The summed E-state index contributed by atoms with van der Waals surface area (Å²) in [6.45, 7) is 4.49. The minimum Gasteiger partial charge on any atom is -0.372 e. The van der Waals surface area contributed by atoms with E-state index in [0.29, 0.717) is 12.3 Å². The molecular formula is C12H18N2O4S2. The zero-order chi connectivity index (χ0) is 15.2. The van der Waals surface area contributed by atoms with Gasteiger partial charge < -0.3 is 10.1 Å². The van der Waals surface area contributed by atoms with E-state index in [2.05, 4.69) is 10.3 Å². The summed E-state index contributed by atoms with van der Waals surface area (Å²) < 4.78 is 27.1. The highest BCUT2D eigenvalue weighted by atomic mass is 32.2. The summed E-state index contributed by atoms with van der Waals surface area (Å²) >= 11 is 1.36. The fourth-order valence-electron chi connectivity index (χ4n) is 1.36. The first-order valence-electron chi connectivity index (χ1n) is 6.05. The minimum atomic E-state index is -3.16. The summed E-state index contributed by atoms with van der Waals surface area (Å²) in [5, 5.41) is 6.01. The highest BCUT2D eigenvalue weighted by molar-refractivity contribution is 7.93. The van der Waals surface area contributed by atoms with Crippen LogP contribution in [0.1, 0.15) is 35.4 Å². The van der Waals surface area contributed by atoms with Crippen molar-refractivity contribution < 1.29 is 17.9 Å². The van der Waals surface area contributed by atoms with Crippen molar-refractivity contribution in [1.82, 2.24) is 10.3 Å². The molecule has 1 aromatic heterocycles. The van der Waals surface area contributed by atoms with Crippen LogP contribution in [0.15, 0.2) is 16.9 Å². The Bertz CT molecular complexity index is 578. The van der Waals surface area contributed by atoms with Crippen molar-refractivity contribution in [3.05, 3.63) is 27.6 Å². The molecule has 0 saturated carbocycles. The Hall–Kier alpha value is -1.25. The Morgan fingerprint density at radius 1 is 1.60 bits per heavy atom. The summed E-state index contributed by atoms with van der Waals surface area (Å²) in [7, 11) is -3.16. The first-order valence-corrected chi connectivity index (χ1v) is 8.88. The van der Waals surface area contributed by atoms with Crippen molar-refractivity contribution in [2.75, 3.05) is 19.4 Å². The number of hydrogen-bond acceptors (Lipinski definition) is 6. The van der Waals surface area contributed by atoms with Crippen LogP contribution in [0.2, 0.25) is 0 Å². The average molecular weight is 318 g/mol. The molecule has 20 heavy (non-hydrogen) atoms. The lowest BCUT2D eigenvalue weighted by atomic mass is 10.4. The van der Waals surface area contributed by atoms with Crippen LogP contribution < -0.4 is 5.32 Å². The van der Waals surface area contributed by atoms with Crippen LogP contribution in [0.5, 0.6) is 0 Å². The number of nitrogens with zero attached hydrogens (tertiary/aromatic N) is 1. The van der Waals surface area contributed by atoms with Gasteiger partial charge in [0.15, 0.2) is 9.84 Å². The van der Waals surface area contributed by atoms with Crippen LogP contribution in [0, 0.1) is 0 Å². The zero-order valence-corrected chi connectivity index (χ0v) is 13.3. The van der Waals surface area contributed by atoms with Gasteiger partial charge in [-0.15, -0.1) is 11.3 Å². The van der Waals surface area contributed by atoms with Crippen molar-refractivity contribution in [2.24, 2.45) is 0 Å². The second-order valence-corrected chi connectivity index (χ2v) is 6.90. The van der Waals surface area contributed by atoms with Gasteiger partial charge in [-0.1, -0.05) is 6.08 Å². The third-order valence-electron chi connectivity index (χ3n) is 2.24. The van der Waals surface area contributed by atoms with Gasteiger partial charge in [-0.3, -0.25) is 4.79 Å². The number of rotatable bonds is 7. The Morgan fingerprint density at radius 3 is 2.90 bits per heavy atom. The van der Waals surface area contributed by atoms with Gasteiger partial charge in [0.25, 0.3) is 5.91 Å². The van der Waals surface area contributed by atoms with Gasteiger partial charge in [0.2, 0.25) is 0 Å². The molecule has 1 atom stereocenters. The van der Waals surface area contributed by atoms with Gasteiger partial charge >= 0.3 is 0 Å². The SMILES string of the molecule is CCOC(C)c1nc(C(=O)NC/C=C/S(C)(=O)=O)cs1. The molecule has 0 aromatic carbocycles. The fourth-order valence-corrected chi connectivity index (χ4v) is 2.61. The molecule has 1 rings (SSSR count). The van der Waals surface area contributed by atoms with Crippen molar-refractivity contribution >= 4 is 27.1 Å². The van der Waals surface area contributed by atoms with Gasteiger partial charge in [-0.2, -0.15) is 0 Å². The standard InChI is InChI=1S/C12H18N2O4S2/c1-4-18-9(2)12-14-10(8-19-12)11(15)13-6-5-7-20(3,16)17/h5,7-9H,4,6H2,1-3H3,(H,13,15)/b7-5+. The number of aromatic nitrogens is 1. The maximum absolute atomic E-state index is 11.8. The molecule has 1 heterocycles. The Labute approximate surface area is 122 Å². The van der Waals surface area contributed by atoms with Crippen molar-refractivity contribution in [1.29, 1.82) is 0 Å². The normalized spacial score (nSPS) is 13.6. The molecule has 0 bridgehead atoms. The Kier molecular flexibility index (Phi) is 6.31. The van der Waals surface area contributed by atoms with E-state index in [1.165, 1.54) is 17.4 Å². The summed E-state index contributed by atoms with van der Waals surface area (Å²) in [6, 6.07) is 0. The van der Waals surface area contributed by atoms with E-state index in [4.69, 9.17) is 4.74 Å². The monoisotopic (exact) mass is 318 g/mol. The van der Waals surface area contributed by atoms with E-state index in [9.17, 15) is 13.2 Å². The minimum absolute atomic E-state index is 0.139. The topological polar surface area (TPSA) is 85.4 Å². The highest BCUT2D eigenvalue weighted by Crippen LogP contribution is 2.20. The molecule has 0 aliphatic heterocycles. The number of carbonyl (C=O) groups is 1. The second kappa shape index (κ2) is 7.51.